The number of benzene rings is 1. The lowest BCUT2D eigenvalue weighted by molar-refractivity contribution is -0.117. The number of carbonyl (C=O) groups is 1. The summed E-state index contributed by atoms with van der Waals surface area (Å²) in [7, 11) is 0. The standard InChI is InChI=1S/C14H18N2O/c1-2-14(17)15-13-8-9-16(11-13)10-12-6-4-3-5-7-12/h2-7,13H,1,8-11H2,(H,15,17)/t13-/m1/s1. The van der Waals surface area contributed by atoms with Crippen LogP contribution < -0.4 is 5.32 Å². The van der Waals surface area contributed by atoms with Gasteiger partial charge in [-0.2, -0.15) is 0 Å². The number of nitrogens with zero attached hydrogens (tertiary/aromatic N) is 1. The molecule has 1 aliphatic rings. The molecule has 3 nitrogen and oxygen atoms in total. The van der Waals surface area contributed by atoms with E-state index in [9.17, 15) is 4.79 Å². The molecule has 2 rings (SSSR count). The largest absolute Gasteiger partial charge is 0.349 e. The fourth-order valence-electron chi connectivity index (χ4n) is 2.20. The maximum Gasteiger partial charge on any atom is 0.243 e. The molecule has 1 heterocycles. The van der Waals surface area contributed by atoms with Crippen molar-refractivity contribution in [1.29, 1.82) is 0 Å². The average molecular weight is 230 g/mol. The van der Waals surface area contributed by atoms with Crippen molar-refractivity contribution in [2.45, 2.75) is 19.0 Å². The van der Waals surface area contributed by atoms with Crippen molar-refractivity contribution in [3.63, 3.8) is 0 Å². The molecule has 0 saturated carbocycles. The molecule has 0 radical (unpaired) electrons. The number of hydrogen-bond donors (Lipinski definition) is 1. The van der Waals surface area contributed by atoms with E-state index in [1.54, 1.807) is 0 Å². The summed E-state index contributed by atoms with van der Waals surface area (Å²) in [6.45, 7) is 6.39. The molecular formula is C14H18N2O. The fraction of sp³-hybridized carbons (Fsp3) is 0.357. The van der Waals surface area contributed by atoms with Crippen molar-refractivity contribution in [2.75, 3.05) is 13.1 Å². The number of carbonyl (C=O) groups excluding carboxylic acids is 1. The molecular weight excluding hydrogens is 212 g/mol. The van der Waals surface area contributed by atoms with Gasteiger partial charge in [-0.05, 0) is 18.1 Å². The molecule has 1 atom stereocenters. The Kier molecular flexibility index (Phi) is 3.94. The monoisotopic (exact) mass is 230 g/mol. The van der Waals surface area contributed by atoms with Crippen LogP contribution in [-0.4, -0.2) is 29.9 Å². The summed E-state index contributed by atoms with van der Waals surface area (Å²) >= 11 is 0. The molecule has 90 valence electrons. The second kappa shape index (κ2) is 5.64. The van der Waals surface area contributed by atoms with Crippen LogP contribution in [0.3, 0.4) is 0 Å². The second-order valence-electron chi connectivity index (χ2n) is 4.42. The van der Waals surface area contributed by atoms with Gasteiger partial charge in [0.25, 0.3) is 0 Å². The summed E-state index contributed by atoms with van der Waals surface area (Å²) in [5.74, 6) is -0.0726. The number of hydrogen-bond acceptors (Lipinski definition) is 2. The van der Waals surface area contributed by atoms with E-state index >= 15 is 0 Å². The molecule has 1 saturated heterocycles. The Hall–Kier alpha value is -1.61. The fourth-order valence-corrected chi connectivity index (χ4v) is 2.20. The van der Waals surface area contributed by atoms with Crippen LogP contribution in [0.5, 0.6) is 0 Å². The summed E-state index contributed by atoms with van der Waals surface area (Å²) in [6.07, 6.45) is 2.35. The summed E-state index contributed by atoms with van der Waals surface area (Å²) in [4.78, 5) is 13.5. The minimum atomic E-state index is -0.0726. The first kappa shape index (κ1) is 11.9. The minimum Gasteiger partial charge on any atom is -0.349 e. The van der Waals surface area contributed by atoms with Gasteiger partial charge in [0, 0.05) is 25.7 Å². The van der Waals surface area contributed by atoms with Gasteiger partial charge >= 0.3 is 0 Å². The van der Waals surface area contributed by atoms with Crippen LogP contribution in [0.2, 0.25) is 0 Å². The van der Waals surface area contributed by atoms with Crippen molar-refractivity contribution in [3.8, 4) is 0 Å². The molecule has 1 aliphatic heterocycles. The van der Waals surface area contributed by atoms with Crippen molar-refractivity contribution in [3.05, 3.63) is 48.6 Å². The molecule has 1 amide bonds. The zero-order valence-electron chi connectivity index (χ0n) is 9.93. The number of rotatable bonds is 4. The van der Waals surface area contributed by atoms with E-state index in [2.05, 4.69) is 41.1 Å². The quantitative estimate of drug-likeness (QED) is 0.796. The van der Waals surface area contributed by atoms with E-state index in [1.165, 1.54) is 11.6 Å². The Morgan fingerprint density at radius 2 is 2.24 bits per heavy atom. The molecule has 1 fully saturated rings. The third-order valence-electron chi connectivity index (χ3n) is 3.05. The summed E-state index contributed by atoms with van der Waals surface area (Å²) in [6, 6.07) is 10.7. The maximum absolute atomic E-state index is 11.2. The molecule has 3 heteroatoms. The summed E-state index contributed by atoms with van der Waals surface area (Å²) in [5.41, 5.74) is 1.32. The zero-order valence-corrected chi connectivity index (χ0v) is 9.93. The summed E-state index contributed by atoms with van der Waals surface area (Å²) in [5, 5.41) is 2.95. The Balaban J connectivity index is 1.82. The highest BCUT2D eigenvalue weighted by Gasteiger charge is 2.22. The Morgan fingerprint density at radius 3 is 2.94 bits per heavy atom. The van der Waals surface area contributed by atoms with Crippen LogP contribution in [0, 0.1) is 0 Å². The van der Waals surface area contributed by atoms with Crippen LogP contribution in [0.25, 0.3) is 0 Å². The van der Waals surface area contributed by atoms with Gasteiger partial charge in [-0.15, -0.1) is 0 Å². The van der Waals surface area contributed by atoms with E-state index in [1.807, 2.05) is 6.07 Å². The lowest BCUT2D eigenvalue weighted by atomic mass is 10.2. The van der Waals surface area contributed by atoms with Crippen molar-refractivity contribution in [1.82, 2.24) is 10.2 Å². The number of likely N-dealkylation sites (tertiary alicyclic amines) is 1. The molecule has 1 aromatic carbocycles. The van der Waals surface area contributed by atoms with E-state index < -0.39 is 0 Å². The van der Waals surface area contributed by atoms with Crippen molar-refractivity contribution >= 4 is 5.91 Å². The minimum absolute atomic E-state index is 0.0726. The smallest absolute Gasteiger partial charge is 0.243 e. The molecule has 0 spiro atoms. The van der Waals surface area contributed by atoms with E-state index in [4.69, 9.17) is 0 Å². The van der Waals surface area contributed by atoms with Crippen molar-refractivity contribution < 1.29 is 4.79 Å². The molecule has 0 aromatic heterocycles. The molecule has 0 unspecified atom stereocenters. The normalized spacial score (nSPS) is 20.1. The SMILES string of the molecule is C=CC(=O)N[C@@H]1CCN(Cc2ccccc2)C1. The molecule has 0 aliphatic carbocycles. The number of amides is 1. The Morgan fingerprint density at radius 1 is 1.47 bits per heavy atom. The highest BCUT2D eigenvalue weighted by molar-refractivity contribution is 5.87. The van der Waals surface area contributed by atoms with Crippen LogP contribution in [-0.2, 0) is 11.3 Å². The topological polar surface area (TPSA) is 32.3 Å². The van der Waals surface area contributed by atoms with Gasteiger partial charge in [0.05, 0.1) is 0 Å². The first-order valence-corrected chi connectivity index (χ1v) is 5.97. The van der Waals surface area contributed by atoms with Gasteiger partial charge in [0.1, 0.15) is 0 Å². The first-order chi connectivity index (χ1) is 8.28. The average Bonchev–Trinajstić information content (AvgIpc) is 2.77. The van der Waals surface area contributed by atoms with Crippen molar-refractivity contribution in [2.24, 2.45) is 0 Å². The van der Waals surface area contributed by atoms with Crippen LogP contribution >= 0.6 is 0 Å². The van der Waals surface area contributed by atoms with Gasteiger partial charge in [-0.25, -0.2) is 0 Å². The van der Waals surface area contributed by atoms with Crippen LogP contribution in [0.4, 0.5) is 0 Å². The Bertz CT molecular complexity index is 388. The molecule has 17 heavy (non-hydrogen) atoms. The summed E-state index contributed by atoms with van der Waals surface area (Å²) < 4.78 is 0. The maximum atomic E-state index is 11.2. The molecule has 1 N–H and O–H groups in total. The first-order valence-electron chi connectivity index (χ1n) is 5.97. The second-order valence-corrected chi connectivity index (χ2v) is 4.42. The van der Waals surface area contributed by atoms with Crippen LogP contribution in [0.15, 0.2) is 43.0 Å². The predicted molar refractivity (Wildman–Crippen MR) is 68.5 cm³/mol. The van der Waals surface area contributed by atoms with E-state index in [0.717, 1.165) is 26.1 Å². The van der Waals surface area contributed by atoms with E-state index in [0.29, 0.717) is 0 Å². The van der Waals surface area contributed by atoms with Gasteiger partial charge in [-0.1, -0.05) is 36.9 Å². The molecule has 0 bridgehead atoms. The molecule has 1 aromatic rings. The highest BCUT2D eigenvalue weighted by Crippen LogP contribution is 2.13. The van der Waals surface area contributed by atoms with E-state index in [-0.39, 0.29) is 11.9 Å². The van der Waals surface area contributed by atoms with Gasteiger partial charge < -0.3 is 5.32 Å². The zero-order chi connectivity index (χ0) is 12.1. The number of nitrogens with one attached hydrogen (secondary N) is 1. The third-order valence-corrected chi connectivity index (χ3v) is 3.05. The Labute approximate surface area is 102 Å². The van der Waals surface area contributed by atoms with Gasteiger partial charge in [0.2, 0.25) is 5.91 Å². The lowest BCUT2D eigenvalue weighted by Crippen LogP contribution is -2.35. The third kappa shape index (κ3) is 3.43. The lowest BCUT2D eigenvalue weighted by Gasteiger charge is -2.16. The van der Waals surface area contributed by atoms with Crippen LogP contribution in [0.1, 0.15) is 12.0 Å². The van der Waals surface area contributed by atoms with Gasteiger partial charge in [-0.3, -0.25) is 9.69 Å². The van der Waals surface area contributed by atoms with Gasteiger partial charge in [0.15, 0.2) is 0 Å². The predicted octanol–water partition coefficient (Wildman–Crippen LogP) is 1.56. The highest BCUT2D eigenvalue weighted by atomic mass is 16.1.